The summed E-state index contributed by atoms with van der Waals surface area (Å²) in [6, 6.07) is 43.3. The number of halogens is 2. The van der Waals surface area contributed by atoms with Gasteiger partial charge in [0.15, 0.2) is 17.3 Å². The van der Waals surface area contributed by atoms with E-state index in [0.29, 0.717) is 27.4 Å². The number of esters is 2. The first-order valence-electron chi connectivity index (χ1n) is 22.9. The number of carbonyl (C=O) groups is 2. The lowest BCUT2D eigenvalue weighted by molar-refractivity contribution is -0.176. The van der Waals surface area contributed by atoms with Crippen LogP contribution in [0.25, 0.3) is 44.4 Å². The van der Waals surface area contributed by atoms with E-state index in [1.54, 1.807) is 30.9 Å². The number of carbonyl (C=O) groups excluding carboxylic acids is 2. The Bertz CT molecular complexity index is 3240. The summed E-state index contributed by atoms with van der Waals surface area (Å²) < 4.78 is 36.6. The van der Waals surface area contributed by atoms with E-state index in [9.17, 15) is 9.59 Å². The summed E-state index contributed by atoms with van der Waals surface area (Å²) in [6.07, 6.45) is 7.90. The maximum Gasteiger partial charge on any atom is 0.316 e. The Morgan fingerprint density at radius 1 is 0.750 bits per heavy atom. The summed E-state index contributed by atoms with van der Waals surface area (Å²) in [6.45, 7) is 1.22. The van der Waals surface area contributed by atoms with Crippen LogP contribution in [0.1, 0.15) is 66.8 Å². The van der Waals surface area contributed by atoms with Gasteiger partial charge in [0.05, 0.1) is 40.8 Å². The highest BCUT2D eigenvalue weighted by Gasteiger charge is 2.50. The summed E-state index contributed by atoms with van der Waals surface area (Å²) in [4.78, 5) is 42.3. The van der Waals surface area contributed by atoms with Crippen LogP contribution in [0.5, 0.6) is 5.75 Å². The minimum Gasteiger partial charge on any atom is -0.497 e. The fraction of sp³-hybridized carbons (Fsp3) is 0.236. The van der Waals surface area contributed by atoms with Crippen LogP contribution in [0.4, 0.5) is 4.39 Å². The van der Waals surface area contributed by atoms with Gasteiger partial charge in [-0.25, -0.2) is 24.0 Å². The molecule has 3 aliphatic rings. The van der Waals surface area contributed by atoms with Crippen molar-refractivity contribution >= 4 is 56.4 Å². The minimum absolute atomic E-state index is 0.0138. The molecule has 3 saturated carbocycles. The Kier molecular flexibility index (Phi) is 11.2. The fourth-order valence-corrected chi connectivity index (χ4v) is 11.1. The van der Waals surface area contributed by atoms with E-state index in [2.05, 4.69) is 36.4 Å². The normalized spacial score (nSPS) is 18.5. The van der Waals surface area contributed by atoms with Gasteiger partial charge in [0.1, 0.15) is 22.6 Å². The van der Waals surface area contributed by atoms with E-state index in [0.717, 1.165) is 64.5 Å². The minimum atomic E-state index is -1.02. The highest BCUT2D eigenvalue weighted by atomic mass is 35.5. The topological polar surface area (TPSA) is 123 Å². The molecule has 2 bridgehead atoms. The van der Waals surface area contributed by atoms with Gasteiger partial charge < -0.3 is 18.8 Å². The number of nitrogens with zero attached hydrogens (tertiary/aromatic N) is 6. The van der Waals surface area contributed by atoms with Crippen molar-refractivity contribution < 1.29 is 28.2 Å². The first-order chi connectivity index (χ1) is 33.2. The van der Waals surface area contributed by atoms with Crippen LogP contribution in [-0.2, 0) is 24.6 Å². The van der Waals surface area contributed by atoms with Crippen LogP contribution in [0.15, 0.2) is 152 Å². The summed E-state index contributed by atoms with van der Waals surface area (Å²) in [5.74, 6) is -1.74. The molecule has 340 valence electrons. The summed E-state index contributed by atoms with van der Waals surface area (Å²) >= 11 is 6.72. The molecule has 13 heteroatoms. The number of hydrogen-bond acceptors (Lipinski definition) is 9. The van der Waals surface area contributed by atoms with E-state index in [-0.39, 0.29) is 23.0 Å². The lowest BCUT2D eigenvalue weighted by atomic mass is 9.61. The van der Waals surface area contributed by atoms with Gasteiger partial charge in [-0.3, -0.25) is 9.59 Å². The van der Waals surface area contributed by atoms with Crippen molar-refractivity contribution in [2.75, 3.05) is 13.9 Å². The van der Waals surface area contributed by atoms with E-state index in [1.165, 1.54) is 12.4 Å². The van der Waals surface area contributed by atoms with Crippen molar-refractivity contribution in [3.8, 4) is 17.3 Å². The van der Waals surface area contributed by atoms with Crippen molar-refractivity contribution in [1.29, 1.82) is 0 Å². The number of fused-ring (bicyclic) bond motifs is 6. The lowest BCUT2D eigenvalue weighted by Crippen LogP contribution is -2.45. The Morgan fingerprint density at radius 2 is 1.38 bits per heavy atom. The number of methoxy groups -OCH3 is 1. The Morgan fingerprint density at radius 3 is 2.04 bits per heavy atom. The molecule has 5 aromatic carbocycles. The van der Waals surface area contributed by atoms with Crippen molar-refractivity contribution in [3.05, 3.63) is 185 Å². The van der Waals surface area contributed by atoms with E-state index < -0.39 is 48.0 Å². The maximum atomic E-state index is 16.2. The van der Waals surface area contributed by atoms with Gasteiger partial charge in [0, 0.05) is 18.6 Å². The molecule has 0 radical (unpaired) electrons. The van der Waals surface area contributed by atoms with Crippen LogP contribution in [-0.4, -0.2) is 55.1 Å². The molecule has 9 aromatic rings. The Hall–Kier alpha value is -7.44. The van der Waals surface area contributed by atoms with Gasteiger partial charge in [0.2, 0.25) is 6.79 Å². The molecule has 4 heterocycles. The molecular weight excluding hydrogens is 879 g/mol. The third-order valence-corrected chi connectivity index (χ3v) is 14.4. The number of ether oxygens (including phenoxy) is 3. The highest BCUT2D eigenvalue weighted by Crippen LogP contribution is 2.53. The zero-order chi connectivity index (χ0) is 46.5. The van der Waals surface area contributed by atoms with E-state index in [4.69, 9.17) is 45.9 Å². The summed E-state index contributed by atoms with van der Waals surface area (Å²) in [7, 11) is 1.62. The number of pyridine rings is 1. The first kappa shape index (κ1) is 43.1. The van der Waals surface area contributed by atoms with Crippen LogP contribution >= 0.6 is 11.6 Å². The van der Waals surface area contributed by atoms with Crippen molar-refractivity contribution in [1.82, 2.24) is 29.3 Å². The SMILES string of the molecule is COc1ccc2cc(C(C)C(=O)OCOC(=O)[C@H]3C4CCC(CC4)[C@@H]3n3cc(F)c4cnc(-c5nn(C(c6ccccc6)(c6ccccc6)c6ccccc6)c6ncc(Cl)cc56)nc43)ccc2c1. The van der Waals surface area contributed by atoms with Crippen molar-refractivity contribution in [2.45, 2.75) is 50.1 Å². The molecule has 0 saturated heterocycles. The van der Waals surface area contributed by atoms with E-state index >= 15 is 4.39 Å². The van der Waals surface area contributed by atoms with Crippen LogP contribution in [0, 0.1) is 23.6 Å². The van der Waals surface area contributed by atoms with Gasteiger partial charge in [-0.1, -0.05) is 127 Å². The third kappa shape index (κ3) is 7.34. The zero-order valence-corrected chi connectivity index (χ0v) is 38.1. The Labute approximate surface area is 396 Å². The molecule has 0 spiro atoms. The molecule has 0 amide bonds. The van der Waals surface area contributed by atoms with E-state index in [1.807, 2.05) is 95.7 Å². The molecule has 0 N–H and O–H groups in total. The van der Waals surface area contributed by atoms with Crippen molar-refractivity contribution in [2.24, 2.45) is 17.8 Å². The van der Waals surface area contributed by atoms with Crippen LogP contribution in [0.3, 0.4) is 0 Å². The largest absolute Gasteiger partial charge is 0.497 e. The summed E-state index contributed by atoms with van der Waals surface area (Å²) in [5, 5.41) is 8.54. The second-order valence-corrected chi connectivity index (χ2v) is 18.3. The van der Waals surface area contributed by atoms with Gasteiger partial charge in [0.25, 0.3) is 0 Å². The fourth-order valence-electron chi connectivity index (χ4n) is 10.9. The highest BCUT2D eigenvalue weighted by molar-refractivity contribution is 6.31. The zero-order valence-electron chi connectivity index (χ0n) is 37.3. The monoisotopic (exact) mass is 924 g/mol. The molecular formula is C55H46ClFN6O5. The molecule has 1 unspecified atom stereocenters. The number of aromatic nitrogens is 6. The number of rotatable bonds is 12. The maximum absolute atomic E-state index is 16.2. The van der Waals surface area contributed by atoms with Gasteiger partial charge >= 0.3 is 11.9 Å². The standard InChI is InChI=1S/C55H46ClFN6O5/c1-33(36-22-23-38-27-43(66-2)25-24-37(38)26-36)53(64)67-32-68-54(65)47-34-18-20-35(21-19-34)49(47)62-31-46(57)45-30-58-50(60-52(45)62)48-44-28-42(56)29-59-51(44)63(61-48)55(39-12-6-3-7-13-39,40-14-8-4-9-15-40)41-16-10-5-11-17-41/h3-17,22-31,33-35,47,49H,18-21,32H2,1-2H3/t33?,34?,35?,47-,49-/m0/s1. The lowest BCUT2D eigenvalue weighted by Gasteiger charge is -2.47. The molecule has 3 fully saturated rings. The molecule has 3 atom stereocenters. The van der Waals surface area contributed by atoms with Crippen LogP contribution in [0.2, 0.25) is 5.02 Å². The quantitative estimate of drug-likeness (QED) is 0.0669. The molecule has 3 aliphatic carbocycles. The number of benzene rings is 5. The average Bonchev–Trinajstić information content (AvgIpc) is 3.93. The second-order valence-electron chi connectivity index (χ2n) is 17.8. The third-order valence-electron chi connectivity index (χ3n) is 14.2. The number of hydrogen-bond donors (Lipinski definition) is 0. The smallest absolute Gasteiger partial charge is 0.316 e. The van der Waals surface area contributed by atoms with Gasteiger partial charge in [-0.15, -0.1) is 0 Å². The molecule has 68 heavy (non-hydrogen) atoms. The van der Waals surface area contributed by atoms with Gasteiger partial charge in [-0.2, -0.15) is 5.10 Å². The predicted octanol–water partition coefficient (Wildman–Crippen LogP) is 11.5. The predicted molar refractivity (Wildman–Crippen MR) is 258 cm³/mol. The molecule has 11 nitrogen and oxygen atoms in total. The Balaban J connectivity index is 0.945. The van der Waals surface area contributed by atoms with Crippen LogP contribution < -0.4 is 4.74 Å². The molecule has 0 aliphatic heterocycles. The first-order valence-corrected chi connectivity index (χ1v) is 23.3. The average molecular weight is 925 g/mol. The second kappa shape index (κ2) is 17.7. The molecule has 4 aromatic heterocycles. The molecule has 12 rings (SSSR count). The van der Waals surface area contributed by atoms with Gasteiger partial charge in [-0.05, 0) is 95.7 Å². The van der Waals surface area contributed by atoms with Crippen molar-refractivity contribution in [3.63, 3.8) is 0 Å². The summed E-state index contributed by atoms with van der Waals surface area (Å²) in [5.41, 5.74) is 3.84.